The molecule has 39 heteroatoms. The monoisotopic (exact) mass is 1760 g/mol. The summed E-state index contributed by atoms with van der Waals surface area (Å²) in [6, 6.07) is 30.3. The molecule has 3 aliphatic rings. The van der Waals surface area contributed by atoms with Crippen LogP contribution in [0.5, 0.6) is 34.5 Å². The van der Waals surface area contributed by atoms with Crippen molar-refractivity contribution in [3.63, 3.8) is 0 Å². The smallest absolute Gasteiger partial charge is 0.326 e. The third-order valence-corrected chi connectivity index (χ3v) is 21.2. The number of carboxylic acid groups (broad SMARTS) is 3. The number of unbranched alkanes of at least 4 members (excludes halogenated alkanes) is 3. The quantitative estimate of drug-likeness (QED) is 0.00701. The van der Waals surface area contributed by atoms with Gasteiger partial charge in [0.25, 0.3) is 15.3 Å². The van der Waals surface area contributed by atoms with Gasteiger partial charge in [-0.3, -0.25) is 44.7 Å². The number of aryl methyl sites for hydroxylation is 3. The zero-order valence-corrected chi connectivity index (χ0v) is 71.8. The van der Waals surface area contributed by atoms with Gasteiger partial charge in [-0.15, -0.1) is 30.3 Å². The molecule has 0 radical (unpaired) electrons. The number of fused-ring (bicyclic) bond motifs is 3. The molecule has 3 heterocycles. The van der Waals surface area contributed by atoms with Gasteiger partial charge in [-0.2, -0.15) is 0 Å². The Morgan fingerprint density at radius 1 is 0.357 bits per heavy atom. The first-order valence-corrected chi connectivity index (χ1v) is 41.0. The minimum atomic E-state index is -1.15. The first-order valence-electron chi connectivity index (χ1n) is 41.0. The van der Waals surface area contributed by atoms with E-state index >= 15 is 0 Å². The summed E-state index contributed by atoms with van der Waals surface area (Å²) in [7, 11) is 8.98. The number of carbonyl (C=O) groups excluding carboxylic acids is 6. The van der Waals surface area contributed by atoms with Crippen molar-refractivity contribution in [3.8, 4) is 34.5 Å². The van der Waals surface area contributed by atoms with Gasteiger partial charge in [0.15, 0.2) is 34.5 Å². The maximum atomic E-state index is 13.7. The SMILES string of the molecule is COc1cc2c(cc1OC)CN(C(=O)C(C)NC(CCc1ccccc1)C(=O)OCCCCCO[N+](=O)[O-])C(C(=O)O)C2.COc1cc2c(cc1OC)CN(C(=O)C(C)NC(CCc1ccccc1)C(=O)OCCCCO[N+](=O)[O-])C(C(=O)O)C2.COc1cc2c(cc1OC)CN(C(=O)C(C)NC(CCc1ccccc1)C(=O)OCCCO[N+](=O)[O-])C(C(=O)O)C2. The third kappa shape index (κ3) is 30.7. The van der Waals surface area contributed by atoms with Crippen LogP contribution < -0.4 is 44.4 Å². The molecule has 0 bridgehead atoms. The second-order valence-electron chi connectivity index (χ2n) is 29.7. The number of carbonyl (C=O) groups is 9. The fourth-order valence-electron chi connectivity index (χ4n) is 14.5. The Labute approximate surface area is 727 Å². The van der Waals surface area contributed by atoms with Gasteiger partial charge in [0.1, 0.15) is 36.3 Å². The lowest BCUT2D eigenvalue weighted by Gasteiger charge is -2.37. The van der Waals surface area contributed by atoms with E-state index in [1.165, 1.54) is 57.4 Å². The molecule has 0 saturated heterocycles. The molecule has 6 aromatic rings. The second kappa shape index (κ2) is 51.2. The zero-order chi connectivity index (χ0) is 91.9. The van der Waals surface area contributed by atoms with Crippen molar-refractivity contribution >= 4 is 53.5 Å². The van der Waals surface area contributed by atoms with Crippen LogP contribution in [0.1, 0.15) is 129 Å². The molecule has 0 aliphatic carbocycles. The number of hydrogen-bond donors (Lipinski definition) is 6. The van der Waals surface area contributed by atoms with Crippen LogP contribution in [0.4, 0.5) is 0 Å². The predicted molar refractivity (Wildman–Crippen MR) is 449 cm³/mol. The fourth-order valence-corrected chi connectivity index (χ4v) is 14.5. The number of amides is 3. The van der Waals surface area contributed by atoms with Crippen LogP contribution >= 0.6 is 0 Å². The molecule has 39 nitrogen and oxygen atoms in total. The van der Waals surface area contributed by atoms with Crippen LogP contribution in [0.2, 0.25) is 0 Å². The van der Waals surface area contributed by atoms with E-state index in [0.717, 1.165) is 50.1 Å². The second-order valence-corrected chi connectivity index (χ2v) is 29.7. The number of hydrogen-bond acceptors (Lipinski definition) is 30. The molecule has 0 aromatic heterocycles. The van der Waals surface area contributed by atoms with Gasteiger partial charge in [0.05, 0.1) is 100 Å². The van der Waals surface area contributed by atoms with E-state index in [1.807, 2.05) is 91.0 Å². The highest BCUT2D eigenvalue weighted by Gasteiger charge is 2.42. The normalized spacial score (nSPS) is 15.6. The molecule has 0 saturated carbocycles. The van der Waals surface area contributed by atoms with Crippen molar-refractivity contribution in [1.29, 1.82) is 0 Å². The molecule has 6 N–H and O–H groups in total. The average Bonchev–Trinajstić information content (AvgIpc) is 0.786. The van der Waals surface area contributed by atoms with Gasteiger partial charge in [-0.05, 0) is 178 Å². The van der Waals surface area contributed by atoms with Gasteiger partial charge in [0, 0.05) is 45.3 Å². The summed E-state index contributed by atoms with van der Waals surface area (Å²) in [4.78, 5) is 164. The summed E-state index contributed by atoms with van der Waals surface area (Å²) >= 11 is 0. The number of benzene rings is 6. The molecule has 684 valence electrons. The van der Waals surface area contributed by atoms with E-state index in [4.69, 9.17) is 42.6 Å². The minimum Gasteiger partial charge on any atom is -0.493 e. The van der Waals surface area contributed by atoms with Crippen LogP contribution in [0.15, 0.2) is 127 Å². The highest BCUT2D eigenvalue weighted by Crippen LogP contribution is 2.39. The molecule has 9 unspecified atom stereocenters. The number of rotatable bonds is 48. The van der Waals surface area contributed by atoms with Crippen LogP contribution in [0, 0.1) is 30.3 Å². The van der Waals surface area contributed by atoms with Crippen molar-refractivity contribution in [2.24, 2.45) is 0 Å². The number of carboxylic acids is 3. The Hall–Kier alpha value is -13.2. The van der Waals surface area contributed by atoms with E-state index in [9.17, 15) is 88.8 Å². The summed E-state index contributed by atoms with van der Waals surface area (Å²) in [5, 5.41) is 67.3. The standard InChI is InChI=1S/C30H39N3O10.C29H37N3O10.C28H35N3O10/c1-20(28(34)32-19-23-18-27(41-3)26(40-2)17-22(23)16-25(32)29(35)36)31-24(13-12-21-10-6-4-7-11-21)30(37)42-14-8-5-9-15-43-33(38)39;1-19(27(33)31-18-22-17-26(40-3)25(39-2)16-21(22)15-24(31)28(34)35)30-23(12-11-20-9-5-4-6-10-20)29(36)41-13-7-8-14-42-32(37)38;1-18(26(32)30-17-21-16-25(39-3)24(38-2)15-20(21)14-23(30)27(33)34)29-22(11-10-19-8-5-4-6-9-19)28(35)40-12-7-13-41-31(36)37/h4,6-7,10-11,17-18,20,24-25,31H,5,8-9,12-16,19H2,1-3H3,(H,35,36);4-6,9-10,16-17,19,23-24,30H,7-8,11-15,18H2,1-3H3,(H,34,35);4-6,8-9,15-16,18,22-23,29H,7,10-14,17H2,1-3H3,(H,33,34). The van der Waals surface area contributed by atoms with Crippen LogP contribution in [0.25, 0.3) is 0 Å². The molecular formula is C87H111N9O30. The summed E-state index contributed by atoms with van der Waals surface area (Å²) in [5.41, 5.74) is 7.45. The Kier molecular flexibility index (Phi) is 40.6. The van der Waals surface area contributed by atoms with Gasteiger partial charge in [0.2, 0.25) is 17.7 Å². The van der Waals surface area contributed by atoms with Crippen molar-refractivity contribution in [1.82, 2.24) is 30.7 Å². The lowest BCUT2D eigenvalue weighted by molar-refractivity contribution is -0.757. The number of nitrogens with one attached hydrogen (secondary N) is 3. The van der Waals surface area contributed by atoms with E-state index < -0.39 is 123 Å². The fraction of sp³-hybridized carbons (Fsp3) is 0.483. The third-order valence-electron chi connectivity index (χ3n) is 21.2. The number of nitrogens with zero attached hydrogens (tertiary/aromatic N) is 6. The van der Waals surface area contributed by atoms with E-state index in [2.05, 4.69) is 30.5 Å². The van der Waals surface area contributed by atoms with E-state index in [0.29, 0.717) is 105 Å². The molecule has 0 spiro atoms. The molecule has 9 rings (SSSR count). The summed E-state index contributed by atoms with van der Waals surface area (Å²) in [6.45, 7) is 4.57. The van der Waals surface area contributed by atoms with Crippen LogP contribution in [0.3, 0.4) is 0 Å². The summed E-state index contributed by atoms with van der Waals surface area (Å²) < 4.78 is 48.4. The molecule has 3 aliphatic heterocycles. The van der Waals surface area contributed by atoms with Gasteiger partial charge < -0.3 is 87.2 Å². The predicted octanol–water partition coefficient (Wildman–Crippen LogP) is 7.66. The lowest BCUT2D eigenvalue weighted by Crippen LogP contribution is -2.56. The van der Waals surface area contributed by atoms with Gasteiger partial charge in [-0.1, -0.05) is 91.0 Å². The van der Waals surface area contributed by atoms with Gasteiger partial charge >= 0.3 is 35.8 Å². The number of esters is 3. The molecule has 6 aromatic carbocycles. The Morgan fingerprint density at radius 2 is 0.587 bits per heavy atom. The highest BCUT2D eigenvalue weighted by atomic mass is 17.0. The van der Waals surface area contributed by atoms with E-state index in [1.54, 1.807) is 57.2 Å². The molecule has 126 heavy (non-hydrogen) atoms. The summed E-state index contributed by atoms with van der Waals surface area (Å²) in [6.07, 6.45) is 5.14. The highest BCUT2D eigenvalue weighted by molar-refractivity contribution is 5.91. The Morgan fingerprint density at radius 3 is 0.841 bits per heavy atom. The number of aliphatic carboxylic acids is 3. The zero-order valence-electron chi connectivity index (χ0n) is 71.8. The maximum Gasteiger partial charge on any atom is 0.326 e. The molecule has 9 atom stereocenters. The van der Waals surface area contributed by atoms with Crippen molar-refractivity contribution in [2.45, 2.75) is 191 Å². The van der Waals surface area contributed by atoms with Crippen molar-refractivity contribution in [3.05, 3.63) is 208 Å². The molecule has 0 fully saturated rings. The molecule has 3 amide bonds. The first kappa shape index (κ1) is 99.9. The topological polar surface area (TPSA) is 500 Å². The van der Waals surface area contributed by atoms with Crippen molar-refractivity contribution in [2.75, 3.05) is 82.3 Å². The number of methoxy groups -OCH3 is 6. The maximum absolute atomic E-state index is 13.7. The van der Waals surface area contributed by atoms with Crippen LogP contribution in [-0.4, -0.2) is 235 Å². The Bertz CT molecular complexity index is 4630. The minimum absolute atomic E-state index is 0.0273. The average molecular weight is 1760 g/mol. The van der Waals surface area contributed by atoms with Crippen molar-refractivity contribution < 1.29 is 131 Å². The largest absolute Gasteiger partial charge is 0.493 e. The summed E-state index contributed by atoms with van der Waals surface area (Å²) in [5.74, 6) is -3.76. The van der Waals surface area contributed by atoms with Crippen LogP contribution in [-0.2, 0) is 130 Å². The van der Waals surface area contributed by atoms with E-state index in [-0.39, 0.29) is 85.0 Å². The first-order chi connectivity index (χ1) is 60.4. The Balaban J connectivity index is 0.000000259. The molecular weight excluding hydrogens is 1650 g/mol. The number of ether oxygens (including phenoxy) is 9. The lowest BCUT2D eigenvalue weighted by atomic mass is 9.92. The van der Waals surface area contributed by atoms with Gasteiger partial charge in [-0.25, -0.2) is 14.4 Å².